The second-order valence-corrected chi connectivity index (χ2v) is 5.78. The van der Waals surface area contributed by atoms with E-state index in [0.717, 1.165) is 31.6 Å². The van der Waals surface area contributed by atoms with Crippen molar-refractivity contribution in [2.24, 2.45) is 0 Å². The predicted octanol–water partition coefficient (Wildman–Crippen LogP) is 4.40. The molecule has 0 unspecified atom stereocenters. The van der Waals surface area contributed by atoms with Crippen LogP contribution in [0.15, 0.2) is 42.5 Å². The van der Waals surface area contributed by atoms with E-state index in [1.165, 1.54) is 5.56 Å². The molecule has 0 bridgehead atoms. The van der Waals surface area contributed by atoms with E-state index in [9.17, 15) is 0 Å². The number of anilines is 1. The van der Waals surface area contributed by atoms with E-state index >= 15 is 0 Å². The summed E-state index contributed by atoms with van der Waals surface area (Å²) in [5.74, 6) is 0.629. The molecular formula is C18H16ClN2. The predicted molar refractivity (Wildman–Crippen MR) is 85.6 cm³/mol. The Labute approximate surface area is 130 Å². The Bertz CT molecular complexity index is 653. The van der Waals surface area contributed by atoms with E-state index in [2.05, 4.69) is 29.2 Å². The van der Waals surface area contributed by atoms with Crippen molar-refractivity contribution in [3.63, 3.8) is 0 Å². The lowest BCUT2D eigenvalue weighted by molar-refractivity contribution is 0.505. The molecule has 3 rings (SSSR count). The van der Waals surface area contributed by atoms with E-state index in [-0.39, 0.29) is 0 Å². The van der Waals surface area contributed by atoms with Gasteiger partial charge in [0.2, 0.25) is 0 Å². The van der Waals surface area contributed by atoms with Crippen molar-refractivity contribution in [2.45, 2.75) is 18.8 Å². The Morgan fingerprint density at radius 3 is 2.48 bits per heavy atom. The first-order chi connectivity index (χ1) is 10.3. The summed E-state index contributed by atoms with van der Waals surface area (Å²) in [6, 6.07) is 19.2. The average Bonchev–Trinajstić information content (AvgIpc) is 2.56. The van der Waals surface area contributed by atoms with Crippen LogP contribution in [0.3, 0.4) is 0 Å². The van der Waals surface area contributed by atoms with Crippen LogP contribution in [0.25, 0.3) is 0 Å². The fourth-order valence-corrected chi connectivity index (χ4v) is 3.15. The number of hydrogen-bond acceptors (Lipinski definition) is 2. The fraction of sp³-hybridized carbons (Fsp3) is 0.278. The van der Waals surface area contributed by atoms with Crippen LogP contribution in [-0.2, 0) is 0 Å². The SMILES string of the molecule is N#Cc1ccc(N2CCC(c3cc[c]cc3)CC2)cc1Cl. The molecule has 0 amide bonds. The van der Waals surface area contributed by atoms with Gasteiger partial charge in [-0.3, -0.25) is 0 Å². The molecule has 2 nitrogen and oxygen atoms in total. The molecule has 1 saturated heterocycles. The number of benzene rings is 2. The average molecular weight is 296 g/mol. The maximum atomic E-state index is 8.93. The number of halogens is 1. The maximum Gasteiger partial charge on any atom is 0.101 e. The number of hydrogen-bond donors (Lipinski definition) is 0. The second-order valence-electron chi connectivity index (χ2n) is 5.37. The van der Waals surface area contributed by atoms with Crippen molar-refractivity contribution in [3.05, 3.63) is 64.7 Å². The monoisotopic (exact) mass is 295 g/mol. The molecule has 0 atom stereocenters. The Hall–Kier alpha value is -1.98. The number of nitriles is 1. The van der Waals surface area contributed by atoms with Gasteiger partial charge in [-0.2, -0.15) is 5.26 Å². The molecule has 2 aromatic carbocycles. The van der Waals surface area contributed by atoms with Gasteiger partial charge in [0.25, 0.3) is 0 Å². The second kappa shape index (κ2) is 6.20. The topological polar surface area (TPSA) is 27.0 Å². The Morgan fingerprint density at radius 1 is 1.14 bits per heavy atom. The minimum Gasteiger partial charge on any atom is -0.371 e. The summed E-state index contributed by atoms with van der Waals surface area (Å²) in [6.07, 6.45) is 2.28. The van der Waals surface area contributed by atoms with Crippen LogP contribution in [-0.4, -0.2) is 13.1 Å². The minimum atomic E-state index is 0.538. The summed E-state index contributed by atoms with van der Waals surface area (Å²) in [5.41, 5.74) is 3.06. The third kappa shape index (κ3) is 3.04. The van der Waals surface area contributed by atoms with Crippen molar-refractivity contribution in [2.75, 3.05) is 18.0 Å². The zero-order valence-electron chi connectivity index (χ0n) is 11.7. The molecule has 3 heteroatoms. The molecule has 1 radical (unpaired) electrons. The molecule has 105 valence electrons. The van der Waals surface area contributed by atoms with E-state index in [1.54, 1.807) is 6.07 Å². The smallest absolute Gasteiger partial charge is 0.101 e. The molecule has 0 spiro atoms. The standard InChI is InChI=1S/C18H16ClN2/c19-18-12-17(7-6-16(18)13-20)21-10-8-15(9-11-21)14-4-2-1-3-5-14/h2-7,12,15H,8-11H2. The number of rotatable bonds is 2. The summed E-state index contributed by atoms with van der Waals surface area (Å²) in [4.78, 5) is 2.35. The van der Waals surface area contributed by atoms with Gasteiger partial charge in [-0.1, -0.05) is 35.9 Å². The van der Waals surface area contributed by atoms with Crippen LogP contribution in [0.5, 0.6) is 0 Å². The summed E-state index contributed by atoms with van der Waals surface area (Å²) in [6.45, 7) is 2.04. The zero-order chi connectivity index (χ0) is 14.7. The lowest BCUT2D eigenvalue weighted by Crippen LogP contribution is -2.32. The van der Waals surface area contributed by atoms with Gasteiger partial charge in [-0.25, -0.2) is 0 Å². The number of piperidine rings is 1. The van der Waals surface area contributed by atoms with Crippen LogP contribution < -0.4 is 4.90 Å². The van der Waals surface area contributed by atoms with Gasteiger partial charge in [-0.05, 0) is 48.6 Å². The van der Waals surface area contributed by atoms with Gasteiger partial charge in [0.1, 0.15) is 6.07 Å². The molecule has 1 fully saturated rings. The molecule has 2 aromatic rings. The van der Waals surface area contributed by atoms with Gasteiger partial charge >= 0.3 is 0 Å². The highest BCUT2D eigenvalue weighted by molar-refractivity contribution is 6.32. The van der Waals surface area contributed by atoms with Crippen LogP contribution >= 0.6 is 11.6 Å². The fourth-order valence-electron chi connectivity index (χ4n) is 2.93. The Morgan fingerprint density at radius 2 is 1.86 bits per heavy atom. The molecule has 1 heterocycles. The quantitative estimate of drug-likeness (QED) is 0.821. The highest BCUT2D eigenvalue weighted by atomic mass is 35.5. The van der Waals surface area contributed by atoms with Crippen LogP contribution in [0.1, 0.15) is 29.9 Å². The summed E-state index contributed by atoms with van der Waals surface area (Å²) < 4.78 is 0. The van der Waals surface area contributed by atoms with Crippen molar-refractivity contribution in [1.29, 1.82) is 5.26 Å². The first-order valence-corrected chi connectivity index (χ1v) is 7.56. The Kier molecular flexibility index (Phi) is 4.13. The normalized spacial score (nSPS) is 15.7. The largest absolute Gasteiger partial charge is 0.371 e. The summed E-state index contributed by atoms with van der Waals surface area (Å²) in [7, 11) is 0. The molecule has 0 saturated carbocycles. The van der Waals surface area contributed by atoms with E-state index in [1.807, 2.05) is 24.3 Å². The van der Waals surface area contributed by atoms with Gasteiger partial charge in [0.15, 0.2) is 0 Å². The summed E-state index contributed by atoms with van der Waals surface area (Å²) >= 11 is 6.12. The van der Waals surface area contributed by atoms with Crippen molar-refractivity contribution < 1.29 is 0 Å². The molecule has 0 N–H and O–H groups in total. The minimum absolute atomic E-state index is 0.538. The first-order valence-electron chi connectivity index (χ1n) is 7.18. The van der Waals surface area contributed by atoms with Gasteiger partial charge in [-0.15, -0.1) is 0 Å². The van der Waals surface area contributed by atoms with Crippen LogP contribution in [0, 0.1) is 17.4 Å². The maximum absolute atomic E-state index is 8.93. The van der Waals surface area contributed by atoms with Crippen LogP contribution in [0.2, 0.25) is 5.02 Å². The number of nitrogens with zero attached hydrogens (tertiary/aromatic N) is 2. The van der Waals surface area contributed by atoms with Gasteiger partial charge in [0.05, 0.1) is 10.6 Å². The van der Waals surface area contributed by atoms with Gasteiger partial charge in [0, 0.05) is 18.8 Å². The molecule has 21 heavy (non-hydrogen) atoms. The molecule has 1 aliphatic heterocycles. The lowest BCUT2D eigenvalue weighted by Gasteiger charge is -2.34. The van der Waals surface area contributed by atoms with Crippen molar-refractivity contribution in [1.82, 2.24) is 0 Å². The zero-order valence-corrected chi connectivity index (χ0v) is 12.5. The van der Waals surface area contributed by atoms with E-state index in [0.29, 0.717) is 16.5 Å². The van der Waals surface area contributed by atoms with Crippen molar-refractivity contribution in [3.8, 4) is 6.07 Å². The van der Waals surface area contributed by atoms with E-state index < -0.39 is 0 Å². The molecule has 1 aliphatic rings. The molecule has 0 aromatic heterocycles. The lowest BCUT2D eigenvalue weighted by atomic mass is 9.89. The highest BCUT2D eigenvalue weighted by Crippen LogP contribution is 2.31. The molecule has 0 aliphatic carbocycles. The van der Waals surface area contributed by atoms with Crippen molar-refractivity contribution >= 4 is 17.3 Å². The van der Waals surface area contributed by atoms with Crippen LogP contribution in [0.4, 0.5) is 5.69 Å². The van der Waals surface area contributed by atoms with Gasteiger partial charge < -0.3 is 4.90 Å². The highest BCUT2D eigenvalue weighted by Gasteiger charge is 2.21. The first kappa shape index (κ1) is 14.0. The third-order valence-electron chi connectivity index (χ3n) is 4.15. The Balaban J connectivity index is 1.69. The van der Waals surface area contributed by atoms with E-state index in [4.69, 9.17) is 16.9 Å². The summed E-state index contributed by atoms with van der Waals surface area (Å²) in [5, 5.41) is 9.47. The third-order valence-corrected chi connectivity index (χ3v) is 4.46. The molecular weight excluding hydrogens is 280 g/mol.